The number of carbonyl (C=O) groups is 1. The zero-order chi connectivity index (χ0) is 8.10. The highest BCUT2D eigenvalue weighted by Gasteiger charge is 2.02. The fourth-order valence-electron chi connectivity index (χ4n) is 0.753. The first-order valence-electron chi connectivity index (χ1n) is 3.46. The smallest absolute Gasteiger partial charge is 0.267 e. The van der Waals surface area contributed by atoms with Crippen molar-refractivity contribution < 1.29 is 4.79 Å². The molecule has 1 aromatic heterocycles. The molecule has 0 unspecified atom stereocenters. The Balaban J connectivity index is 2.43. The zero-order valence-corrected chi connectivity index (χ0v) is 6.13. The van der Waals surface area contributed by atoms with Gasteiger partial charge in [0.1, 0.15) is 5.69 Å². The third-order valence-corrected chi connectivity index (χ3v) is 1.27. The zero-order valence-electron chi connectivity index (χ0n) is 6.13. The van der Waals surface area contributed by atoms with Crippen molar-refractivity contribution in [1.29, 1.82) is 0 Å². The second-order valence-electron chi connectivity index (χ2n) is 2.13. The number of H-pyrrole nitrogens is 1. The Morgan fingerprint density at radius 1 is 1.73 bits per heavy atom. The van der Waals surface area contributed by atoms with Crippen LogP contribution in [0.3, 0.4) is 0 Å². The van der Waals surface area contributed by atoms with Crippen LogP contribution < -0.4 is 11.1 Å². The lowest BCUT2D eigenvalue weighted by atomic mass is 10.4. The Labute approximate surface area is 64.8 Å². The Morgan fingerprint density at radius 2 is 2.55 bits per heavy atom. The second-order valence-corrected chi connectivity index (χ2v) is 2.13. The van der Waals surface area contributed by atoms with Gasteiger partial charge in [0.15, 0.2) is 0 Å². The average molecular weight is 153 g/mol. The van der Waals surface area contributed by atoms with Gasteiger partial charge in [0.2, 0.25) is 0 Å². The summed E-state index contributed by atoms with van der Waals surface area (Å²) in [6.07, 6.45) is 1.71. The number of hydrogen-bond acceptors (Lipinski definition) is 2. The first-order valence-corrected chi connectivity index (χ1v) is 3.46. The molecule has 1 heterocycles. The van der Waals surface area contributed by atoms with E-state index in [-0.39, 0.29) is 5.91 Å². The maximum Gasteiger partial charge on any atom is 0.267 e. The molecule has 1 aromatic rings. The Bertz CT molecular complexity index is 218. The van der Waals surface area contributed by atoms with E-state index in [0.717, 1.165) is 0 Å². The minimum atomic E-state index is -0.111. The lowest BCUT2D eigenvalue weighted by molar-refractivity contribution is 0.0950. The van der Waals surface area contributed by atoms with Gasteiger partial charge < -0.3 is 16.0 Å². The van der Waals surface area contributed by atoms with Gasteiger partial charge in [-0.3, -0.25) is 4.79 Å². The van der Waals surface area contributed by atoms with E-state index in [0.29, 0.717) is 18.8 Å². The number of aromatic amines is 1. The van der Waals surface area contributed by atoms with Crippen molar-refractivity contribution >= 4 is 5.91 Å². The van der Waals surface area contributed by atoms with Crippen molar-refractivity contribution in [2.45, 2.75) is 0 Å². The third-order valence-electron chi connectivity index (χ3n) is 1.27. The number of nitrogens with one attached hydrogen (secondary N) is 2. The first kappa shape index (κ1) is 7.81. The molecule has 1 amide bonds. The number of amides is 1. The average Bonchev–Trinajstić information content (AvgIpc) is 2.52. The van der Waals surface area contributed by atoms with E-state index in [1.807, 2.05) is 0 Å². The van der Waals surface area contributed by atoms with E-state index < -0.39 is 0 Å². The maximum absolute atomic E-state index is 11.1. The summed E-state index contributed by atoms with van der Waals surface area (Å²) in [6.45, 7) is 0.976. The number of hydrogen-bond donors (Lipinski definition) is 3. The third kappa shape index (κ3) is 2.09. The molecule has 0 atom stereocenters. The second kappa shape index (κ2) is 3.78. The molecule has 0 spiro atoms. The largest absolute Gasteiger partial charge is 0.357 e. The standard InChI is InChI=1S/C7H11N3O/c8-3-5-10-7(11)6-2-1-4-9-6/h1-2,4,9H,3,5,8H2,(H,10,11). The molecule has 0 saturated heterocycles. The highest BCUT2D eigenvalue weighted by atomic mass is 16.1. The lowest BCUT2D eigenvalue weighted by Crippen LogP contribution is -2.29. The fourth-order valence-corrected chi connectivity index (χ4v) is 0.753. The van der Waals surface area contributed by atoms with Gasteiger partial charge >= 0.3 is 0 Å². The van der Waals surface area contributed by atoms with Gasteiger partial charge in [0, 0.05) is 19.3 Å². The topological polar surface area (TPSA) is 70.9 Å². The summed E-state index contributed by atoms with van der Waals surface area (Å²) < 4.78 is 0. The van der Waals surface area contributed by atoms with Crippen molar-refractivity contribution in [1.82, 2.24) is 10.3 Å². The van der Waals surface area contributed by atoms with Crippen molar-refractivity contribution in [3.63, 3.8) is 0 Å². The summed E-state index contributed by atoms with van der Waals surface area (Å²) in [5.41, 5.74) is 5.77. The van der Waals surface area contributed by atoms with Crippen LogP contribution in [0.4, 0.5) is 0 Å². The molecule has 60 valence electrons. The summed E-state index contributed by atoms with van der Waals surface area (Å²) >= 11 is 0. The monoisotopic (exact) mass is 153 g/mol. The van der Waals surface area contributed by atoms with E-state index in [2.05, 4.69) is 10.3 Å². The number of nitrogens with two attached hydrogens (primary N) is 1. The number of carbonyl (C=O) groups excluding carboxylic acids is 1. The minimum absolute atomic E-state index is 0.111. The molecule has 0 aliphatic carbocycles. The minimum Gasteiger partial charge on any atom is -0.357 e. The number of rotatable bonds is 3. The van der Waals surface area contributed by atoms with Gasteiger partial charge in [-0.2, -0.15) is 0 Å². The van der Waals surface area contributed by atoms with Crippen molar-refractivity contribution in [3.8, 4) is 0 Å². The van der Waals surface area contributed by atoms with Gasteiger partial charge in [0.25, 0.3) is 5.91 Å². The van der Waals surface area contributed by atoms with Gasteiger partial charge in [-0.1, -0.05) is 0 Å². The van der Waals surface area contributed by atoms with Crippen LogP contribution in [-0.2, 0) is 0 Å². The molecular formula is C7H11N3O. The highest BCUT2D eigenvalue weighted by molar-refractivity contribution is 5.92. The predicted octanol–water partition coefficient (Wildman–Crippen LogP) is -0.297. The van der Waals surface area contributed by atoms with Crippen LogP contribution in [0.5, 0.6) is 0 Å². The maximum atomic E-state index is 11.1. The van der Waals surface area contributed by atoms with Crippen LogP contribution in [0.15, 0.2) is 18.3 Å². The summed E-state index contributed by atoms with van der Waals surface area (Å²) in [7, 11) is 0. The predicted molar refractivity (Wildman–Crippen MR) is 42.2 cm³/mol. The van der Waals surface area contributed by atoms with Crippen molar-refractivity contribution in [3.05, 3.63) is 24.0 Å². The SMILES string of the molecule is NCCNC(=O)c1ccc[nH]1. The van der Waals surface area contributed by atoms with E-state index in [1.54, 1.807) is 18.3 Å². The molecule has 1 rings (SSSR count). The molecule has 4 N–H and O–H groups in total. The molecule has 0 bridgehead atoms. The molecular weight excluding hydrogens is 142 g/mol. The van der Waals surface area contributed by atoms with Crippen LogP contribution in [-0.4, -0.2) is 24.0 Å². The van der Waals surface area contributed by atoms with E-state index >= 15 is 0 Å². The summed E-state index contributed by atoms with van der Waals surface area (Å²) in [4.78, 5) is 13.9. The molecule has 0 saturated carbocycles. The van der Waals surface area contributed by atoms with Crippen LogP contribution in [0.2, 0.25) is 0 Å². The van der Waals surface area contributed by atoms with E-state index in [4.69, 9.17) is 5.73 Å². The van der Waals surface area contributed by atoms with E-state index in [1.165, 1.54) is 0 Å². The molecule has 4 nitrogen and oxygen atoms in total. The van der Waals surface area contributed by atoms with Crippen LogP contribution in [0.25, 0.3) is 0 Å². The van der Waals surface area contributed by atoms with Crippen LogP contribution >= 0.6 is 0 Å². The van der Waals surface area contributed by atoms with Crippen LogP contribution in [0, 0.1) is 0 Å². The fraction of sp³-hybridized carbons (Fsp3) is 0.286. The van der Waals surface area contributed by atoms with Gasteiger partial charge in [-0.15, -0.1) is 0 Å². The van der Waals surface area contributed by atoms with Crippen molar-refractivity contribution in [2.75, 3.05) is 13.1 Å². The molecule has 11 heavy (non-hydrogen) atoms. The number of aromatic nitrogens is 1. The quantitative estimate of drug-likeness (QED) is 0.558. The molecule has 0 aliphatic heterocycles. The van der Waals surface area contributed by atoms with E-state index in [9.17, 15) is 4.79 Å². The molecule has 4 heteroatoms. The summed E-state index contributed by atoms with van der Waals surface area (Å²) in [5, 5.41) is 2.64. The lowest BCUT2D eigenvalue weighted by Gasteiger charge is -1.99. The normalized spacial score (nSPS) is 9.55. The van der Waals surface area contributed by atoms with Gasteiger partial charge in [-0.25, -0.2) is 0 Å². The Hall–Kier alpha value is -1.29. The first-order chi connectivity index (χ1) is 5.34. The van der Waals surface area contributed by atoms with Gasteiger partial charge in [-0.05, 0) is 12.1 Å². The van der Waals surface area contributed by atoms with Crippen LogP contribution in [0.1, 0.15) is 10.5 Å². The molecule has 0 radical (unpaired) electrons. The summed E-state index contributed by atoms with van der Waals surface area (Å²) in [5.74, 6) is -0.111. The Kier molecular flexibility index (Phi) is 2.68. The highest BCUT2D eigenvalue weighted by Crippen LogP contribution is 1.92. The molecule has 0 aliphatic rings. The van der Waals surface area contributed by atoms with Gasteiger partial charge in [0.05, 0.1) is 0 Å². The summed E-state index contributed by atoms with van der Waals surface area (Å²) in [6, 6.07) is 3.49. The molecule has 0 fully saturated rings. The Morgan fingerprint density at radius 3 is 3.09 bits per heavy atom. The van der Waals surface area contributed by atoms with Crippen molar-refractivity contribution in [2.24, 2.45) is 5.73 Å². The molecule has 0 aromatic carbocycles.